The molecule has 0 atom stereocenters. The summed E-state index contributed by atoms with van der Waals surface area (Å²) in [6.45, 7) is 7.77. The van der Waals surface area contributed by atoms with Crippen molar-refractivity contribution in [3.8, 4) is 23.0 Å². The number of para-hydroxylation sites is 3. The van der Waals surface area contributed by atoms with Crippen LogP contribution in [-0.2, 0) is 39.1 Å². The van der Waals surface area contributed by atoms with Crippen molar-refractivity contribution >= 4 is 0 Å². The zero-order valence-electron chi connectivity index (χ0n) is 36.8. The SMILES string of the molecule is CCCCCCCCCc1ccccc1OCc1ccc(O)c(COc2ccccc2CCCCCCCCC)c1COc1ccccc1CCCCCCCCC. The molecule has 0 aromatic heterocycles. The molecule has 318 valence electrons. The maximum atomic E-state index is 11.4. The molecule has 0 unspecified atom stereocenters. The van der Waals surface area contributed by atoms with Crippen molar-refractivity contribution in [3.05, 3.63) is 118 Å². The molecule has 0 aliphatic carbocycles. The largest absolute Gasteiger partial charge is 0.508 e. The monoisotopic (exact) mass is 791 g/mol. The van der Waals surface area contributed by atoms with Gasteiger partial charge in [0.15, 0.2) is 0 Å². The van der Waals surface area contributed by atoms with Gasteiger partial charge in [-0.3, -0.25) is 0 Å². The van der Waals surface area contributed by atoms with Crippen LogP contribution in [0.4, 0.5) is 0 Å². The highest BCUT2D eigenvalue weighted by atomic mass is 16.5. The van der Waals surface area contributed by atoms with E-state index in [-0.39, 0.29) is 12.4 Å². The molecule has 4 heteroatoms. The fourth-order valence-corrected chi connectivity index (χ4v) is 8.03. The molecule has 0 aliphatic rings. The van der Waals surface area contributed by atoms with Crippen LogP contribution in [0.3, 0.4) is 0 Å². The number of rotatable bonds is 33. The maximum Gasteiger partial charge on any atom is 0.123 e. The van der Waals surface area contributed by atoms with Gasteiger partial charge in [0.1, 0.15) is 42.8 Å². The average Bonchev–Trinajstić information content (AvgIpc) is 3.25. The van der Waals surface area contributed by atoms with Gasteiger partial charge in [0, 0.05) is 11.1 Å². The van der Waals surface area contributed by atoms with Gasteiger partial charge in [0.2, 0.25) is 0 Å². The number of phenols is 1. The van der Waals surface area contributed by atoms with Gasteiger partial charge < -0.3 is 19.3 Å². The second-order valence-corrected chi connectivity index (χ2v) is 16.5. The smallest absolute Gasteiger partial charge is 0.123 e. The lowest BCUT2D eigenvalue weighted by Crippen LogP contribution is -2.11. The van der Waals surface area contributed by atoms with Crippen LogP contribution in [0.5, 0.6) is 23.0 Å². The zero-order valence-corrected chi connectivity index (χ0v) is 36.8. The minimum atomic E-state index is 0.225. The van der Waals surface area contributed by atoms with E-state index in [2.05, 4.69) is 87.5 Å². The third-order valence-corrected chi connectivity index (χ3v) is 11.7. The molecule has 0 heterocycles. The van der Waals surface area contributed by atoms with Crippen LogP contribution in [0.25, 0.3) is 0 Å². The first-order chi connectivity index (χ1) is 28.6. The molecular formula is C54H78O4. The van der Waals surface area contributed by atoms with Crippen LogP contribution in [-0.4, -0.2) is 5.11 Å². The number of aromatic hydroxyl groups is 1. The number of aryl methyl sites for hydroxylation is 3. The predicted molar refractivity (Wildman–Crippen MR) is 246 cm³/mol. The Hall–Kier alpha value is -3.92. The fourth-order valence-electron chi connectivity index (χ4n) is 8.03. The van der Waals surface area contributed by atoms with Gasteiger partial charge in [-0.2, -0.15) is 0 Å². The molecule has 0 saturated heterocycles. The van der Waals surface area contributed by atoms with Crippen LogP contribution in [0.1, 0.15) is 189 Å². The molecule has 58 heavy (non-hydrogen) atoms. The Morgan fingerprint density at radius 1 is 0.328 bits per heavy atom. The summed E-state index contributed by atoms with van der Waals surface area (Å²) in [6, 6.07) is 29.2. The van der Waals surface area contributed by atoms with E-state index >= 15 is 0 Å². The minimum Gasteiger partial charge on any atom is -0.508 e. The van der Waals surface area contributed by atoms with E-state index in [0.29, 0.717) is 13.2 Å². The summed E-state index contributed by atoms with van der Waals surface area (Å²) in [5.41, 5.74) is 6.42. The molecule has 1 N–H and O–H groups in total. The van der Waals surface area contributed by atoms with Crippen molar-refractivity contribution in [1.82, 2.24) is 0 Å². The Bertz CT molecular complexity index is 1660. The van der Waals surface area contributed by atoms with Crippen molar-refractivity contribution in [2.75, 3.05) is 0 Å². The van der Waals surface area contributed by atoms with E-state index in [4.69, 9.17) is 14.2 Å². The lowest BCUT2D eigenvalue weighted by Gasteiger charge is -2.20. The summed E-state index contributed by atoms with van der Waals surface area (Å²) < 4.78 is 19.9. The van der Waals surface area contributed by atoms with Crippen LogP contribution in [0.15, 0.2) is 84.9 Å². The summed E-state index contributed by atoms with van der Waals surface area (Å²) in [5.74, 6) is 2.96. The molecule has 4 rings (SSSR count). The van der Waals surface area contributed by atoms with Gasteiger partial charge in [-0.05, 0) is 85.0 Å². The van der Waals surface area contributed by atoms with E-state index in [1.165, 1.54) is 139 Å². The quantitative estimate of drug-likeness (QED) is 0.0488. The second-order valence-electron chi connectivity index (χ2n) is 16.5. The number of ether oxygens (including phenoxy) is 3. The third-order valence-electron chi connectivity index (χ3n) is 11.7. The molecule has 0 bridgehead atoms. The predicted octanol–water partition coefficient (Wildman–Crippen LogP) is 16.0. The standard InChI is InChI=1S/C54H78O4/c1-4-7-10-13-16-19-22-31-45-34-25-28-37-52(45)56-42-48-40-41-51(55)50(44-58-54-39-30-27-36-47(54)33-24-21-18-15-12-9-6-3)49(48)43-57-53-38-29-26-35-46(53)32-23-20-17-14-11-8-5-2/h25-30,34-41,55H,4-24,31-33,42-44H2,1-3H3. The molecule has 4 aromatic carbocycles. The van der Waals surface area contributed by atoms with E-state index in [1.54, 1.807) is 6.07 Å². The van der Waals surface area contributed by atoms with Crippen LogP contribution in [0.2, 0.25) is 0 Å². The Kier molecular flexibility index (Phi) is 23.6. The highest BCUT2D eigenvalue weighted by molar-refractivity contribution is 5.46. The molecular weight excluding hydrogens is 713 g/mol. The first-order valence-electron chi connectivity index (χ1n) is 23.6. The maximum absolute atomic E-state index is 11.4. The topological polar surface area (TPSA) is 47.9 Å². The van der Waals surface area contributed by atoms with Crippen LogP contribution in [0, 0.1) is 0 Å². The van der Waals surface area contributed by atoms with E-state index in [9.17, 15) is 5.11 Å². The summed E-state index contributed by atoms with van der Waals surface area (Å²) >= 11 is 0. The highest BCUT2D eigenvalue weighted by Crippen LogP contribution is 2.32. The van der Waals surface area contributed by atoms with E-state index < -0.39 is 0 Å². The highest BCUT2D eigenvalue weighted by Gasteiger charge is 2.18. The first-order valence-corrected chi connectivity index (χ1v) is 23.6. The number of hydrogen-bond acceptors (Lipinski definition) is 4. The van der Waals surface area contributed by atoms with Crippen LogP contribution >= 0.6 is 0 Å². The Morgan fingerprint density at radius 2 is 0.655 bits per heavy atom. The summed E-state index contributed by atoms with van der Waals surface area (Å²) in [7, 11) is 0. The minimum absolute atomic E-state index is 0.225. The summed E-state index contributed by atoms with van der Waals surface area (Å²) in [5, 5.41) is 11.4. The molecule has 0 fully saturated rings. The average molecular weight is 791 g/mol. The van der Waals surface area contributed by atoms with Gasteiger partial charge in [-0.25, -0.2) is 0 Å². The Morgan fingerprint density at radius 3 is 1.05 bits per heavy atom. The molecule has 4 aromatic rings. The molecule has 0 saturated carbocycles. The van der Waals surface area contributed by atoms with Crippen LogP contribution < -0.4 is 14.2 Å². The van der Waals surface area contributed by atoms with Crippen molar-refractivity contribution < 1.29 is 19.3 Å². The molecule has 0 aliphatic heterocycles. The number of phenolic OH excluding ortho intramolecular Hbond substituents is 1. The normalized spacial score (nSPS) is 11.2. The zero-order chi connectivity index (χ0) is 40.9. The van der Waals surface area contributed by atoms with Gasteiger partial charge in [-0.1, -0.05) is 197 Å². The first kappa shape index (κ1) is 46.8. The summed E-state index contributed by atoms with van der Waals surface area (Å²) in [4.78, 5) is 0. The van der Waals surface area contributed by atoms with Crippen molar-refractivity contribution in [2.45, 2.75) is 195 Å². The third kappa shape index (κ3) is 17.5. The van der Waals surface area contributed by atoms with Gasteiger partial charge in [0.25, 0.3) is 0 Å². The van der Waals surface area contributed by atoms with Crippen molar-refractivity contribution in [3.63, 3.8) is 0 Å². The fraction of sp³-hybridized carbons (Fsp3) is 0.556. The van der Waals surface area contributed by atoms with Gasteiger partial charge in [-0.15, -0.1) is 0 Å². The Labute approximate surface area is 354 Å². The second kappa shape index (κ2) is 29.3. The molecule has 4 nitrogen and oxygen atoms in total. The molecule has 0 radical (unpaired) electrons. The van der Waals surface area contributed by atoms with Gasteiger partial charge >= 0.3 is 0 Å². The summed E-state index contributed by atoms with van der Waals surface area (Å²) in [6.07, 6.45) is 30.0. The molecule has 0 amide bonds. The lowest BCUT2D eigenvalue weighted by atomic mass is 10.0. The van der Waals surface area contributed by atoms with E-state index in [0.717, 1.165) is 66.0 Å². The lowest BCUT2D eigenvalue weighted by molar-refractivity contribution is 0.266. The van der Waals surface area contributed by atoms with Crippen molar-refractivity contribution in [2.24, 2.45) is 0 Å². The molecule has 0 spiro atoms. The van der Waals surface area contributed by atoms with Crippen molar-refractivity contribution in [1.29, 1.82) is 0 Å². The number of hydrogen-bond donors (Lipinski definition) is 1. The Balaban J connectivity index is 1.49. The van der Waals surface area contributed by atoms with E-state index in [1.807, 2.05) is 12.1 Å². The number of benzene rings is 4. The van der Waals surface area contributed by atoms with Gasteiger partial charge in [0.05, 0.1) is 0 Å². The number of unbranched alkanes of at least 4 members (excludes halogenated alkanes) is 18.